The lowest BCUT2D eigenvalue weighted by Crippen LogP contribution is -2.34. The van der Waals surface area contributed by atoms with E-state index in [2.05, 4.69) is 70.3 Å². The zero-order valence-electron chi connectivity index (χ0n) is 20.8. The van der Waals surface area contributed by atoms with E-state index in [9.17, 15) is 14.4 Å². The lowest BCUT2D eigenvalue weighted by atomic mass is 9.86. The summed E-state index contributed by atoms with van der Waals surface area (Å²) >= 11 is 0. The van der Waals surface area contributed by atoms with Crippen LogP contribution >= 0.6 is 0 Å². The van der Waals surface area contributed by atoms with Crippen LogP contribution in [0.4, 0.5) is 0 Å². The van der Waals surface area contributed by atoms with Gasteiger partial charge in [0, 0.05) is 31.8 Å². The number of carboxylic acids is 2. The molecule has 2 N–H and O–H groups in total. The molecule has 4 rings (SSSR count). The van der Waals surface area contributed by atoms with Crippen LogP contribution in [0.25, 0.3) is 17.7 Å². The summed E-state index contributed by atoms with van der Waals surface area (Å²) in [5, 5.41) is 15.6. The Morgan fingerprint density at radius 1 is 0.865 bits per heavy atom. The van der Waals surface area contributed by atoms with Gasteiger partial charge in [-0.2, -0.15) is 0 Å². The quantitative estimate of drug-likeness (QED) is 0.282. The Morgan fingerprint density at radius 3 is 1.86 bits per heavy atom. The van der Waals surface area contributed by atoms with Gasteiger partial charge in [-0.15, -0.1) is 0 Å². The second-order valence-electron chi connectivity index (χ2n) is 8.47. The molecule has 2 aromatic rings. The van der Waals surface area contributed by atoms with Crippen LogP contribution < -0.4 is 0 Å². The van der Waals surface area contributed by atoms with Gasteiger partial charge >= 0.3 is 17.9 Å². The van der Waals surface area contributed by atoms with Gasteiger partial charge in [0.25, 0.3) is 0 Å². The first-order valence-electron chi connectivity index (χ1n) is 12.0. The number of carbonyl (C=O) groups is 3. The molecule has 1 saturated heterocycles. The molecule has 0 aromatic heterocycles. The minimum absolute atomic E-state index is 0.0280. The number of nitrogens with zero attached hydrogens (tertiary/aromatic N) is 1. The van der Waals surface area contributed by atoms with Crippen molar-refractivity contribution in [3.8, 4) is 0 Å². The number of hydrogen-bond donors (Lipinski definition) is 2. The molecule has 1 fully saturated rings. The van der Waals surface area contributed by atoms with Crippen molar-refractivity contribution < 1.29 is 34.1 Å². The number of piperidine rings is 1. The number of aliphatic carboxylic acids is 2. The lowest BCUT2D eigenvalue weighted by molar-refractivity contribution is -0.146. The van der Waals surface area contributed by atoms with E-state index >= 15 is 0 Å². The molecule has 0 spiro atoms. The van der Waals surface area contributed by atoms with Crippen LogP contribution in [0.15, 0.2) is 66.3 Å². The van der Waals surface area contributed by atoms with Gasteiger partial charge in [0.15, 0.2) is 0 Å². The Labute approximate surface area is 216 Å². The molecule has 8 heteroatoms. The molecule has 8 nitrogen and oxygen atoms in total. The number of rotatable bonds is 7. The van der Waals surface area contributed by atoms with Crippen molar-refractivity contribution in [3.05, 3.63) is 88.5 Å². The third-order valence-electron chi connectivity index (χ3n) is 6.08. The van der Waals surface area contributed by atoms with Gasteiger partial charge in [-0.3, -0.25) is 0 Å². The van der Waals surface area contributed by atoms with Gasteiger partial charge in [0.05, 0.1) is 13.7 Å². The number of methoxy groups -OCH3 is 1. The second-order valence-corrected chi connectivity index (χ2v) is 8.47. The van der Waals surface area contributed by atoms with Gasteiger partial charge < -0.3 is 24.6 Å². The van der Waals surface area contributed by atoms with E-state index in [-0.39, 0.29) is 12.6 Å². The third kappa shape index (κ3) is 8.27. The fraction of sp³-hybridized carbons (Fsp3) is 0.276. The molecule has 0 bridgehead atoms. The maximum absolute atomic E-state index is 11.1. The Balaban J connectivity index is 0.000000414. The van der Waals surface area contributed by atoms with E-state index in [0.717, 1.165) is 32.5 Å². The van der Waals surface area contributed by atoms with Crippen molar-refractivity contribution in [1.82, 2.24) is 4.90 Å². The first-order chi connectivity index (χ1) is 17.9. The lowest BCUT2D eigenvalue weighted by Gasteiger charge is -2.30. The van der Waals surface area contributed by atoms with Crippen molar-refractivity contribution in [3.63, 3.8) is 0 Å². The van der Waals surface area contributed by atoms with Crippen LogP contribution in [0.3, 0.4) is 0 Å². The topological polar surface area (TPSA) is 113 Å². The monoisotopic (exact) mass is 505 g/mol. The molecule has 1 aliphatic heterocycles. The van der Waals surface area contributed by atoms with Crippen molar-refractivity contribution in [2.75, 3.05) is 40.0 Å². The van der Waals surface area contributed by atoms with Gasteiger partial charge in [-0.1, -0.05) is 66.3 Å². The van der Waals surface area contributed by atoms with Crippen molar-refractivity contribution in [2.24, 2.45) is 0 Å². The molecule has 0 saturated carbocycles. The predicted octanol–water partition coefficient (Wildman–Crippen LogP) is 3.97. The number of likely N-dealkylation sites (tertiary alicyclic amines) is 1. The number of ether oxygens (including phenoxy) is 2. The zero-order valence-corrected chi connectivity index (χ0v) is 20.8. The van der Waals surface area contributed by atoms with Crippen LogP contribution in [0.5, 0.6) is 0 Å². The van der Waals surface area contributed by atoms with Crippen LogP contribution in [0, 0.1) is 0 Å². The molecule has 0 amide bonds. The summed E-state index contributed by atoms with van der Waals surface area (Å²) in [5.74, 6) is -2.84. The first kappa shape index (κ1) is 27.6. The van der Waals surface area contributed by atoms with Crippen molar-refractivity contribution in [1.29, 1.82) is 0 Å². The third-order valence-corrected chi connectivity index (χ3v) is 6.08. The van der Waals surface area contributed by atoms with E-state index < -0.39 is 11.9 Å². The van der Waals surface area contributed by atoms with E-state index in [1.54, 1.807) is 0 Å². The smallest absolute Gasteiger partial charge is 0.331 e. The van der Waals surface area contributed by atoms with Gasteiger partial charge in [0.1, 0.15) is 6.61 Å². The Hall–Kier alpha value is -4.01. The SMILES string of the molecule is COC(=O)COCCN1CCC(=C2c3ccccc3C=Cc3ccccc32)CC1.O=C(O)C=CC(=O)O. The molecular weight excluding hydrogens is 474 g/mol. The zero-order chi connectivity index (χ0) is 26.6. The van der Waals surface area contributed by atoms with E-state index in [0.29, 0.717) is 18.8 Å². The first-order valence-corrected chi connectivity index (χ1v) is 12.0. The Bertz CT molecular complexity index is 1130. The molecular formula is C29H31NO7. The molecule has 194 valence electrons. The number of benzene rings is 2. The number of hydrogen-bond acceptors (Lipinski definition) is 6. The molecule has 0 atom stereocenters. The molecule has 0 unspecified atom stereocenters. The fourth-order valence-corrected chi connectivity index (χ4v) is 4.29. The number of fused-ring (bicyclic) bond motifs is 2. The predicted molar refractivity (Wildman–Crippen MR) is 141 cm³/mol. The van der Waals surface area contributed by atoms with E-state index in [1.807, 2.05) is 0 Å². The second kappa shape index (κ2) is 13.9. The molecule has 1 heterocycles. The van der Waals surface area contributed by atoms with Crippen molar-refractivity contribution in [2.45, 2.75) is 12.8 Å². The highest BCUT2D eigenvalue weighted by molar-refractivity contribution is 5.95. The van der Waals surface area contributed by atoms with E-state index in [4.69, 9.17) is 14.9 Å². The molecule has 2 aromatic carbocycles. The molecule has 0 radical (unpaired) electrons. The highest BCUT2D eigenvalue weighted by Crippen LogP contribution is 2.38. The normalized spacial score (nSPS) is 14.7. The molecule has 1 aliphatic carbocycles. The summed E-state index contributed by atoms with van der Waals surface area (Å²) in [4.78, 5) is 32.7. The maximum Gasteiger partial charge on any atom is 0.331 e. The average Bonchev–Trinajstić information content (AvgIpc) is 3.07. The van der Waals surface area contributed by atoms with E-state index in [1.165, 1.54) is 40.5 Å². The van der Waals surface area contributed by atoms with Gasteiger partial charge in [-0.05, 0) is 40.7 Å². The number of carboxylic acid groups (broad SMARTS) is 2. The summed E-state index contributed by atoms with van der Waals surface area (Å²) in [6.07, 6.45) is 7.68. The standard InChI is InChI=1S/C25H27NO3.C4H4O4/c1-28-24(27)18-29-17-16-26-14-12-21(13-15-26)25-22-8-4-2-6-19(22)10-11-20-7-3-5-9-23(20)25;5-3(6)1-2-4(7)8/h2-11H,12-18H2,1H3;1-2H,(H,5,6)(H,7,8). The maximum atomic E-state index is 11.1. The van der Waals surface area contributed by atoms with Crippen LogP contribution in [0.2, 0.25) is 0 Å². The van der Waals surface area contributed by atoms with Gasteiger partial charge in [-0.25, -0.2) is 14.4 Å². The summed E-state index contributed by atoms with van der Waals surface area (Å²) < 4.78 is 10.0. The summed E-state index contributed by atoms with van der Waals surface area (Å²) in [5.41, 5.74) is 8.16. The summed E-state index contributed by atoms with van der Waals surface area (Å²) in [6, 6.07) is 17.4. The summed E-state index contributed by atoms with van der Waals surface area (Å²) in [6.45, 7) is 3.45. The number of esters is 1. The average molecular weight is 506 g/mol. The largest absolute Gasteiger partial charge is 0.478 e. The van der Waals surface area contributed by atoms with Gasteiger partial charge in [0.2, 0.25) is 0 Å². The number of carbonyl (C=O) groups excluding carboxylic acids is 1. The minimum atomic E-state index is -1.26. The fourth-order valence-electron chi connectivity index (χ4n) is 4.29. The summed E-state index contributed by atoms with van der Waals surface area (Å²) in [7, 11) is 1.38. The Morgan fingerprint density at radius 2 is 1.38 bits per heavy atom. The highest BCUT2D eigenvalue weighted by atomic mass is 16.6. The molecule has 2 aliphatic rings. The van der Waals surface area contributed by atoms with Crippen molar-refractivity contribution >= 4 is 35.6 Å². The minimum Gasteiger partial charge on any atom is -0.478 e. The van der Waals surface area contributed by atoms with Crippen LogP contribution in [-0.4, -0.2) is 73.0 Å². The van der Waals surface area contributed by atoms with Crippen LogP contribution in [0.1, 0.15) is 35.1 Å². The Kier molecular flexibility index (Phi) is 10.4. The van der Waals surface area contributed by atoms with Crippen LogP contribution in [-0.2, 0) is 23.9 Å². The molecule has 37 heavy (non-hydrogen) atoms. The highest BCUT2D eigenvalue weighted by Gasteiger charge is 2.22.